The van der Waals surface area contributed by atoms with E-state index in [1.807, 2.05) is 12.1 Å². The number of nitrogens with zero attached hydrogens (tertiary/aromatic N) is 1. The average molecular weight is 291 g/mol. The van der Waals surface area contributed by atoms with Crippen LogP contribution in [0.25, 0.3) is 0 Å². The van der Waals surface area contributed by atoms with Crippen LogP contribution in [0.5, 0.6) is 0 Å². The minimum atomic E-state index is -4.34. The first-order valence-electron chi connectivity index (χ1n) is 6.48. The molecule has 1 aliphatic heterocycles. The molecule has 2 aromatic rings. The molecular formula is C16H12F3NO. The highest BCUT2D eigenvalue weighted by atomic mass is 19.4. The summed E-state index contributed by atoms with van der Waals surface area (Å²) in [6.07, 6.45) is -4.34. The number of benzene rings is 2. The number of hydrogen-bond donors (Lipinski definition) is 0. The minimum absolute atomic E-state index is 0.0782. The smallest absolute Gasteiger partial charge is 0.330 e. The molecule has 21 heavy (non-hydrogen) atoms. The normalized spacial score (nSPS) is 14.4. The first-order chi connectivity index (χ1) is 9.95. The monoisotopic (exact) mass is 291 g/mol. The van der Waals surface area contributed by atoms with E-state index in [-0.39, 0.29) is 5.91 Å². The van der Waals surface area contributed by atoms with E-state index >= 15 is 0 Å². The first-order valence-corrected chi connectivity index (χ1v) is 6.48. The number of hydrogen-bond acceptors (Lipinski definition) is 1. The number of halogens is 3. The van der Waals surface area contributed by atoms with Gasteiger partial charge in [-0.3, -0.25) is 4.79 Å². The second-order valence-corrected chi connectivity index (χ2v) is 5.01. The minimum Gasteiger partial charge on any atom is -0.330 e. The third-order valence-electron chi connectivity index (χ3n) is 3.55. The molecule has 0 aliphatic carbocycles. The van der Waals surface area contributed by atoms with Gasteiger partial charge in [0.15, 0.2) is 0 Å². The Morgan fingerprint density at radius 2 is 1.67 bits per heavy atom. The van der Waals surface area contributed by atoms with Crippen LogP contribution in [0.4, 0.5) is 13.2 Å². The summed E-state index contributed by atoms with van der Waals surface area (Å²) in [4.78, 5) is 13.8. The summed E-state index contributed by atoms with van der Waals surface area (Å²) in [5.74, 6) is -0.0782. The van der Waals surface area contributed by atoms with Gasteiger partial charge in [-0.05, 0) is 29.3 Å². The van der Waals surface area contributed by atoms with Crippen LogP contribution in [0, 0.1) is 0 Å². The Morgan fingerprint density at radius 1 is 1.00 bits per heavy atom. The van der Waals surface area contributed by atoms with Gasteiger partial charge < -0.3 is 4.90 Å². The molecule has 2 aromatic carbocycles. The topological polar surface area (TPSA) is 20.3 Å². The van der Waals surface area contributed by atoms with Crippen LogP contribution >= 0.6 is 0 Å². The zero-order valence-electron chi connectivity index (χ0n) is 11.0. The van der Waals surface area contributed by atoms with Crippen molar-refractivity contribution < 1.29 is 18.0 Å². The highest BCUT2D eigenvalue weighted by Crippen LogP contribution is 2.30. The fourth-order valence-electron chi connectivity index (χ4n) is 2.46. The van der Waals surface area contributed by atoms with Crippen LogP contribution in [0.3, 0.4) is 0 Å². The molecule has 1 aliphatic rings. The highest BCUT2D eigenvalue weighted by molar-refractivity contribution is 5.98. The number of rotatable bonds is 2. The number of carbonyl (C=O) groups is 1. The van der Waals surface area contributed by atoms with Gasteiger partial charge in [-0.2, -0.15) is 13.2 Å². The summed E-state index contributed by atoms with van der Waals surface area (Å²) in [7, 11) is 0. The molecule has 1 heterocycles. The second kappa shape index (κ2) is 4.91. The molecule has 0 aromatic heterocycles. The quantitative estimate of drug-likeness (QED) is 0.822. The van der Waals surface area contributed by atoms with Crippen LogP contribution in [0.1, 0.15) is 27.0 Å². The number of carbonyl (C=O) groups excluding carboxylic acids is 1. The molecule has 108 valence electrons. The molecule has 0 saturated heterocycles. The molecule has 0 bridgehead atoms. The van der Waals surface area contributed by atoms with Gasteiger partial charge >= 0.3 is 6.18 Å². The summed E-state index contributed by atoms with van der Waals surface area (Å²) in [5, 5.41) is 0. The van der Waals surface area contributed by atoms with Gasteiger partial charge in [0.2, 0.25) is 0 Å². The predicted octanol–water partition coefficient (Wildman–Crippen LogP) is 3.86. The molecule has 0 N–H and O–H groups in total. The lowest BCUT2D eigenvalue weighted by Gasteiger charge is -2.16. The SMILES string of the molecule is O=C1c2ccccc2CN1Cc1ccc(C(F)(F)F)cc1. The maximum atomic E-state index is 12.5. The zero-order chi connectivity index (χ0) is 15.0. The van der Waals surface area contributed by atoms with Crippen molar-refractivity contribution in [3.8, 4) is 0 Å². The lowest BCUT2D eigenvalue weighted by atomic mass is 10.1. The van der Waals surface area contributed by atoms with Crippen LogP contribution in [0.15, 0.2) is 48.5 Å². The zero-order valence-corrected chi connectivity index (χ0v) is 11.0. The van der Waals surface area contributed by atoms with Gasteiger partial charge in [0.1, 0.15) is 0 Å². The summed E-state index contributed by atoms with van der Waals surface area (Å²) < 4.78 is 37.5. The third kappa shape index (κ3) is 2.63. The Morgan fingerprint density at radius 3 is 2.29 bits per heavy atom. The Kier molecular flexibility index (Phi) is 3.20. The maximum absolute atomic E-state index is 12.5. The molecule has 0 radical (unpaired) electrons. The predicted molar refractivity (Wildman–Crippen MR) is 71.5 cm³/mol. The van der Waals surface area contributed by atoms with E-state index in [2.05, 4.69) is 0 Å². The van der Waals surface area contributed by atoms with Crippen LogP contribution in [-0.4, -0.2) is 10.8 Å². The molecule has 0 fully saturated rings. The van der Waals surface area contributed by atoms with Crippen molar-refractivity contribution in [2.45, 2.75) is 19.3 Å². The van der Waals surface area contributed by atoms with E-state index in [4.69, 9.17) is 0 Å². The molecule has 5 heteroatoms. The van der Waals surface area contributed by atoms with Crippen molar-refractivity contribution >= 4 is 5.91 Å². The Balaban J connectivity index is 1.76. The summed E-state index contributed by atoms with van der Waals surface area (Å²) >= 11 is 0. The van der Waals surface area contributed by atoms with Crippen molar-refractivity contribution in [2.75, 3.05) is 0 Å². The summed E-state index contributed by atoms with van der Waals surface area (Å²) in [5.41, 5.74) is 1.63. The number of amides is 1. The van der Waals surface area contributed by atoms with E-state index in [1.54, 1.807) is 17.0 Å². The van der Waals surface area contributed by atoms with Gasteiger partial charge in [0.05, 0.1) is 5.56 Å². The number of fused-ring (bicyclic) bond motifs is 1. The number of alkyl halides is 3. The summed E-state index contributed by atoms with van der Waals surface area (Å²) in [6, 6.07) is 12.3. The van der Waals surface area contributed by atoms with Gasteiger partial charge in [0, 0.05) is 18.7 Å². The largest absolute Gasteiger partial charge is 0.416 e. The van der Waals surface area contributed by atoms with Crippen molar-refractivity contribution in [3.63, 3.8) is 0 Å². The van der Waals surface area contributed by atoms with Crippen molar-refractivity contribution in [3.05, 3.63) is 70.8 Å². The van der Waals surface area contributed by atoms with Crippen LogP contribution in [-0.2, 0) is 19.3 Å². The van der Waals surface area contributed by atoms with E-state index < -0.39 is 11.7 Å². The lowest BCUT2D eigenvalue weighted by molar-refractivity contribution is -0.137. The van der Waals surface area contributed by atoms with Gasteiger partial charge in [-0.1, -0.05) is 30.3 Å². The van der Waals surface area contributed by atoms with Gasteiger partial charge in [-0.15, -0.1) is 0 Å². The molecule has 0 saturated carbocycles. The standard InChI is InChI=1S/C16H12F3NO/c17-16(18,19)13-7-5-11(6-8-13)9-20-10-12-3-1-2-4-14(12)15(20)21/h1-8H,9-10H2. The van der Waals surface area contributed by atoms with Crippen LogP contribution in [0.2, 0.25) is 0 Å². The van der Waals surface area contributed by atoms with E-state index in [0.717, 1.165) is 17.7 Å². The highest BCUT2D eigenvalue weighted by Gasteiger charge is 2.30. The molecule has 1 amide bonds. The van der Waals surface area contributed by atoms with Gasteiger partial charge in [-0.25, -0.2) is 0 Å². The lowest BCUT2D eigenvalue weighted by Crippen LogP contribution is -2.23. The first kappa shape index (κ1) is 13.7. The Labute approximate surface area is 119 Å². The third-order valence-corrected chi connectivity index (χ3v) is 3.55. The Bertz CT molecular complexity index is 677. The maximum Gasteiger partial charge on any atom is 0.416 e. The van der Waals surface area contributed by atoms with E-state index in [1.165, 1.54) is 12.1 Å². The van der Waals surface area contributed by atoms with E-state index in [9.17, 15) is 18.0 Å². The molecule has 0 spiro atoms. The van der Waals surface area contributed by atoms with E-state index in [0.29, 0.717) is 24.2 Å². The van der Waals surface area contributed by atoms with Crippen LogP contribution < -0.4 is 0 Å². The average Bonchev–Trinajstić information content (AvgIpc) is 2.76. The second-order valence-electron chi connectivity index (χ2n) is 5.01. The fourth-order valence-corrected chi connectivity index (χ4v) is 2.46. The molecule has 0 atom stereocenters. The summed E-state index contributed by atoms with van der Waals surface area (Å²) in [6.45, 7) is 0.807. The molecule has 3 rings (SSSR count). The van der Waals surface area contributed by atoms with Crippen molar-refractivity contribution in [1.29, 1.82) is 0 Å². The van der Waals surface area contributed by atoms with Gasteiger partial charge in [0.25, 0.3) is 5.91 Å². The molecule has 2 nitrogen and oxygen atoms in total. The van der Waals surface area contributed by atoms with Crippen molar-refractivity contribution in [2.24, 2.45) is 0 Å². The van der Waals surface area contributed by atoms with Crippen molar-refractivity contribution in [1.82, 2.24) is 4.90 Å². The molecular weight excluding hydrogens is 279 g/mol. The molecule has 0 unspecified atom stereocenters. The fraction of sp³-hybridized carbons (Fsp3) is 0.188. The Hall–Kier alpha value is -2.30.